The molecule has 1 fully saturated rings. The van der Waals surface area contributed by atoms with Gasteiger partial charge in [0.05, 0.1) is 10.5 Å². The first-order chi connectivity index (χ1) is 12.2. The van der Waals surface area contributed by atoms with E-state index < -0.39 is 21.9 Å². The summed E-state index contributed by atoms with van der Waals surface area (Å²) in [7, 11) is -3.43. The molecule has 0 heterocycles. The van der Waals surface area contributed by atoms with Gasteiger partial charge in [-0.25, -0.2) is 13.2 Å². The predicted octanol–water partition coefficient (Wildman–Crippen LogP) is 2.64. The Hall–Kier alpha value is -1.89. The summed E-state index contributed by atoms with van der Waals surface area (Å²) in [6.45, 7) is 3.81. The van der Waals surface area contributed by atoms with Crippen molar-refractivity contribution >= 4 is 21.7 Å². The molecule has 2 rings (SSSR count). The molecule has 144 valence electrons. The molecule has 7 heteroatoms. The third-order valence-electron chi connectivity index (χ3n) is 4.80. The maximum Gasteiger partial charge on any atom is 0.339 e. The Morgan fingerprint density at radius 2 is 1.88 bits per heavy atom. The van der Waals surface area contributed by atoms with Crippen LogP contribution in [0.1, 0.15) is 54.9 Å². The van der Waals surface area contributed by atoms with E-state index in [4.69, 9.17) is 4.74 Å². The van der Waals surface area contributed by atoms with Crippen LogP contribution in [0.25, 0.3) is 0 Å². The largest absolute Gasteiger partial charge is 0.449 e. The maximum atomic E-state index is 12.4. The van der Waals surface area contributed by atoms with Crippen molar-refractivity contribution in [1.29, 1.82) is 0 Å². The second-order valence-electron chi connectivity index (χ2n) is 7.05. The molecule has 0 spiro atoms. The number of benzene rings is 1. The minimum absolute atomic E-state index is 0.0458. The lowest BCUT2D eigenvalue weighted by molar-refractivity contribution is -0.129. The third kappa shape index (κ3) is 5.56. The van der Waals surface area contributed by atoms with E-state index >= 15 is 0 Å². The summed E-state index contributed by atoms with van der Waals surface area (Å²) in [5, 5.41) is 2.85. The molecule has 0 bridgehead atoms. The van der Waals surface area contributed by atoms with Gasteiger partial charge in [0, 0.05) is 12.8 Å². The minimum Gasteiger partial charge on any atom is -0.449 e. The van der Waals surface area contributed by atoms with Crippen molar-refractivity contribution in [1.82, 2.24) is 5.32 Å². The van der Waals surface area contributed by atoms with Crippen molar-refractivity contribution in [2.45, 2.75) is 57.0 Å². The summed E-state index contributed by atoms with van der Waals surface area (Å²) in [6, 6.07) is 4.29. The lowest BCUT2D eigenvalue weighted by Crippen LogP contribution is -2.38. The van der Waals surface area contributed by atoms with E-state index in [1.54, 1.807) is 13.0 Å². The fourth-order valence-electron chi connectivity index (χ4n) is 3.11. The Bertz CT molecular complexity index is 766. The highest BCUT2D eigenvalue weighted by Gasteiger charge is 2.22. The quantitative estimate of drug-likeness (QED) is 0.765. The molecule has 1 unspecified atom stereocenters. The fourth-order valence-corrected chi connectivity index (χ4v) is 3.76. The molecule has 6 nitrogen and oxygen atoms in total. The summed E-state index contributed by atoms with van der Waals surface area (Å²) in [4.78, 5) is 24.6. The Labute approximate surface area is 155 Å². The number of carbonyl (C=O) groups is 2. The molecule has 1 aromatic carbocycles. The van der Waals surface area contributed by atoms with Gasteiger partial charge < -0.3 is 10.1 Å². The van der Waals surface area contributed by atoms with Crippen LogP contribution >= 0.6 is 0 Å². The molecule has 0 aliphatic heterocycles. The fraction of sp³-hybridized carbons (Fsp3) is 0.579. The molecule has 0 radical (unpaired) electrons. The first kappa shape index (κ1) is 20.4. The number of aryl methyl sites for hydroxylation is 1. The number of ether oxygens (including phenoxy) is 1. The van der Waals surface area contributed by atoms with Crippen LogP contribution in [-0.2, 0) is 19.4 Å². The van der Waals surface area contributed by atoms with Gasteiger partial charge in [-0.2, -0.15) is 0 Å². The first-order valence-corrected chi connectivity index (χ1v) is 10.9. The highest BCUT2D eigenvalue weighted by Crippen LogP contribution is 2.23. The van der Waals surface area contributed by atoms with Gasteiger partial charge in [0.2, 0.25) is 0 Å². The first-order valence-electron chi connectivity index (χ1n) is 8.98. The zero-order chi connectivity index (χ0) is 19.3. The zero-order valence-corrected chi connectivity index (χ0v) is 16.4. The van der Waals surface area contributed by atoms with Crippen LogP contribution in [-0.4, -0.2) is 39.2 Å². The van der Waals surface area contributed by atoms with Crippen LogP contribution in [0, 0.1) is 12.8 Å². The topological polar surface area (TPSA) is 89.5 Å². The zero-order valence-electron chi connectivity index (χ0n) is 15.6. The molecule has 1 aliphatic rings. The molecule has 1 aliphatic carbocycles. The molecular formula is C19H27NO5S. The van der Waals surface area contributed by atoms with Crippen molar-refractivity contribution in [3.8, 4) is 0 Å². The number of rotatable bonds is 6. The molecule has 0 aromatic heterocycles. The van der Waals surface area contributed by atoms with Crippen LogP contribution in [0.15, 0.2) is 23.1 Å². The number of hydrogen-bond acceptors (Lipinski definition) is 5. The highest BCUT2D eigenvalue weighted by atomic mass is 32.2. The lowest BCUT2D eigenvalue weighted by Gasteiger charge is -2.22. The van der Waals surface area contributed by atoms with E-state index in [0.717, 1.165) is 19.1 Å². The van der Waals surface area contributed by atoms with Gasteiger partial charge in [0.1, 0.15) is 0 Å². The molecule has 1 saturated carbocycles. The summed E-state index contributed by atoms with van der Waals surface area (Å²) in [6.07, 6.45) is 6.02. The third-order valence-corrected chi connectivity index (χ3v) is 5.91. The van der Waals surface area contributed by atoms with Gasteiger partial charge in [-0.15, -0.1) is 0 Å². The standard InChI is InChI=1S/C19H27NO5S/c1-13-9-10-16(26(3,23)24)11-17(13)19(22)25-14(2)18(21)20-12-15-7-5-4-6-8-15/h9-11,14-15H,4-8,12H2,1-3H3,(H,20,21). The Kier molecular flexibility index (Phi) is 6.81. The Morgan fingerprint density at radius 1 is 1.23 bits per heavy atom. The lowest BCUT2D eigenvalue weighted by atomic mass is 9.89. The van der Waals surface area contributed by atoms with E-state index in [0.29, 0.717) is 18.0 Å². The molecule has 1 aromatic rings. The number of nitrogens with one attached hydrogen (secondary N) is 1. The molecule has 1 atom stereocenters. The average Bonchev–Trinajstić information content (AvgIpc) is 2.59. The van der Waals surface area contributed by atoms with Gasteiger partial charge >= 0.3 is 5.97 Å². The molecule has 1 amide bonds. The van der Waals surface area contributed by atoms with Crippen molar-refractivity contribution in [2.75, 3.05) is 12.8 Å². The van der Waals surface area contributed by atoms with Crippen LogP contribution in [0.3, 0.4) is 0 Å². The van der Waals surface area contributed by atoms with Gasteiger partial charge in [-0.05, 0) is 50.3 Å². The van der Waals surface area contributed by atoms with Crippen molar-refractivity contribution in [3.63, 3.8) is 0 Å². The average molecular weight is 381 g/mol. The van der Waals surface area contributed by atoms with Crippen LogP contribution in [0.4, 0.5) is 0 Å². The number of esters is 1. The van der Waals surface area contributed by atoms with Gasteiger partial charge in [-0.3, -0.25) is 4.79 Å². The van der Waals surface area contributed by atoms with E-state index in [1.807, 2.05) is 0 Å². The molecule has 1 N–H and O–H groups in total. The maximum absolute atomic E-state index is 12.4. The van der Waals surface area contributed by atoms with Gasteiger partial charge in [0.15, 0.2) is 15.9 Å². The van der Waals surface area contributed by atoms with Crippen LogP contribution in [0.5, 0.6) is 0 Å². The number of carbonyl (C=O) groups excluding carboxylic acids is 2. The molecular weight excluding hydrogens is 354 g/mol. The van der Waals surface area contributed by atoms with Crippen molar-refractivity contribution in [3.05, 3.63) is 29.3 Å². The van der Waals surface area contributed by atoms with E-state index in [-0.39, 0.29) is 16.4 Å². The summed E-state index contributed by atoms with van der Waals surface area (Å²) in [5.41, 5.74) is 0.747. The summed E-state index contributed by atoms with van der Waals surface area (Å²) < 4.78 is 28.6. The summed E-state index contributed by atoms with van der Waals surface area (Å²) >= 11 is 0. The van der Waals surface area contributed by atoms with E-state index in [1.165, 1.54) is 38.3 Å². The summed E-state index contributed by atoms with van der Waals surface area (Å²) in [5.74, 6) is -0.543. The second kappa shape index (κ2) is 8.66. The SMILES string of the molecule is Cc1ccc(S(C)(=O)=O)cc1C(=O)OC(C)C(=O)NCC1CCCCC1. The van der Waals surface area contributed by atoms with Crippen LogP contribution in [0.2, 0.25) is 0 Å². The number of amides is 1. The Morgan fingerprint density at radius 3 is 2.50 bits per heavy atom. The van der Waals surface area contributed by atoms with Crippen molar-refractivity contribution < 1.29 is 22.7 Å². The molecule has 0 saturated heterocycles. The van der Waals surface area contributed by atoms with Gasteiger partial charge in [-0.1, -0.05) is 25.3 Å². The predicted molar refractivity (Wildman–Crippen MR) is 98.8 cm³/mol. The highest BCUT2D eigenvalue weighted by molar-refractivity contribution is 7.90. The Balaban J connectivity index is 1.96. The van der Waals surface area contributed by atoms with E-state index in [9.17, 15) is 18.0 Å². The number of hydrogen-bond donors (Lipinski definition) is 1. The van der Waals surface area contributed by atoms with Crippen LogP contribution < -0.4 is 5.32 Å². The smallest absolute Gasteiger partial charge is 0.339 e. The molecule has 26 heavy (non-hydrogen) atoms. The number of sulfone groups is 1. The van der Waals surface area contributed by atoms with Crippen molar-refractivity contribution in [2.24, 2.45) is 5.92 Å². The monoisotopic (exact) mass is 381 g/mol. The normalized spacial score (nSPS) is 16.7. The second-order valence-corrected chi connectivity index (χ2v) is 9.06. The van der Waals surface area contributed by atoms with E-state index in [2.05, 4.69) is 5.32 Å². The van der Waals surface area contributed by atoms with Gasteiger partial charge in [0.25, 0.3) is 5.91 Å². The minimum atomic E-state index is -3.43.